The van der Waals surface area contributed by atoms with E-state index in [2.05, 4.69) is 136 Å². The Balaban J connectivity index is 1.81. The van der Waals surface area contributed by atoms with Crippen molar-refractivity contribution in [2.24, 2.45) is 0 Å². The summed E-state index contributed by atoms with van der Waals surface area (Å²) in [6.07, 6.45) is 2.31. The van der Waals surface area contributed by atoms with Gasteiger partial charge in [0.2, 0.25) is 11.4 Å². The number of unbranched alkanes of at least 4 members (excludes halogenated alkanes) is 1. The largest absolute Gasteiger partial charge is 0.213 e. The van der Waals surface area contributed by atoms with Gasteiger partial charge in [-0.15, -0.1) is 0 Å². The van der Waals surface area contributed by atoms with Gasteiger partial charge in [0.05, 0.1) is 0 Å². The summed E-state index contributed by atoms with van der Waals surface area (Å²) in [4.78, 5) is 0. The second kappa shape index (κ2) is 10.7. The van der Waals surface area contributed by atoms with Crippen molar-refractivity contribution in [2.75, 3.05) is 0 Å². The molecule has 0 saturated carbocycles. The first-order valence-corrected chi connectivity index (χ1v) is 13.7. The molecule has 2 aliphatic carbocycles. The Bertz CT molecular complexity index is 1420. The first kappa shape index (κ1) is 25.0. The summed E-state index contributed by atoms with van der Waals surface area (Å²) in [5.74, 6) is 0.497. The van der Waals surface area contributed by atoms with E-state index in [0.717, 1.165) is 19.4 Å². The molecule has 0 amide bonds. The molecule has 1 heterocycles. The maximum Gasteiger partial charge on any atom is 0.213 e. The number of pyridine rings is 1. The van der Waals surface area contributed by atoms with Gasteiger partial charge in [0.15, 0.2) is 0 Å². The van der Waals surface area contributed by atoms with Crippen molar-refractivity contribution in [3.8, 4) is 44.8 Å². The van der Waals surface area contributed by atoms with Gasteiger partial charge in [-0.2, -0.15) is 4.57 Å². The topological polar surface area (TPSA) is 3.88 Å². The van der Waals surface area contributed by atoms with Gasteiger partial charge >= 0.3 is 0 Å². The molecule has 0 N–H and O–H groups in total. The molecule has 1 nitrogen and oxygen atoms in total. The van der Waals surface area contributed by atoms with Gasteiger partial charge in [0, 0.05) is 29.7 Å². The summed E-state index contributed by atoms with van der Waals surface area (Å²) in [6, 6.07) is 36.0. The zero-order valence-electron chi connectivity index (χ0n) is 22.9. The standard InChI is InChI=1S/C36H38N/c1-6-7-20-37-34(28-14-10-8-11-15-28)23-31(24-35(37)29-16-12-9-13-17-29)33-21-27(5)32-22-30(25(2)3)19-18-26(4)36(32)33/h8-19,21-25H,6-7,20H2,1-5H3/q+1. The summed E-state index contributed by atoms with van der Waals surface area (Å²) < 4.78 is 2.53. The molecule has 2 aromatic carbocycles. The maximum atomic E-state index is 2.53. The molecule has 0 aliphatic heterocycles. The number of nitrogens with zero attached hydrogens (tertiary/aromatic N) is 1. The second-order valence-corrected chi connectivity index (χ2v) is 10.6. The monoisotopic (exact) mass is 484 g/mol. The molecule has 2 aliphatic rings. The summed E-state index contributed by atoms with van der Waals surface area (Å²) in [7, 11) is 0. The smallest absolute Gasteiger partial charge is 0.191 e. The lowest BCUT2D eigenvalue weighted by atomic mass is 9.95. The number of hydrogen-bond donors (Lipinski definition) is 0. The Morgan fingerprint density at radius 3 is 1.76 bits per heavy atom. The molecule has 0 unspecified atom stereocenters. The van der Waals surface area contributed by atoms with Crippen molar-refractivity contribution in [3.63, 3.8) is 0 Å². The van der Waals surface area contributed by atoms with Crippen molar-refractivity contribution in [1.82, 2.24) is 0 Å². The summed E-state index contributed by atoms with van der Waals surface area (Å²) in [6.45, 7) is 12.3. The predicted octanol–water partition coefficient (Wildman–Crippen LogP) is 9.62. The lowest BCUT2D eigenvalue weighted by Gasteiger charge is -2.13. The Kier molecular flexibility index (Phi) is 7.24. The number of aromatic nitrogens is 1. The van der Waals surface area contributed by atoms with E-state index in [1.165, 1.54) is 61.5 Å². The lowest BCUT2D eigenvalue weighted by molar-refractivity contribution is -0.675. The number of benzene rings is 2. The second-order valence-electron chi connectivity index (χ2n) is 10.6. The van der Waals surface area contributed by atoms with Crippen LogP contribution in [0.2, 0.25) is 0 Å². The van der Waals surface area contributed by atoms with Crippen LogP contribution in [0.4, 0.5) is 0 Å². The molecule has 3 aromatic rings. The van der Waals surface area contributed by atoms with E-state index in [-0.39, 0.29) is 0 Å². The van der Waals surface area contributed by atoms with Crippen molar-refractivity contribution >= 4 is 0 Å². The summed E-state index contributed by atoms with van der Waals surface area (Å²) >= 11 is 0. The molecule has 0 bridgehead atoms. The van der Waals surface area contributed by atoms with Crippen LogP contribution in [-0.2, 0) is 6.54 Å². The molecule has 0 saturated heterocycles. The molecule has 0 radical (unpaired) electrons. The molecule has 0 spiro atoms. The van der Waals surface area contributed by atoms with Gasteiger partial charge in [-0.05, 0) is 83.0 Å². The van der Waals surface area contributed by atoms with Gasteiger partial charge in [0.25, 0.3) is 0 Å². The molecule has 1 aromatic heterocycles. The number of hydrogen-bond acceptors (Lipinski definition) is 0. The van der Waals surface area contributed by atoms with E-state index in [1.807, 2.05) is 0 Å². The molecule has 0 fully saturated rings. The number of rotatable bonds is 7. The normalized spacial score (nSPS) is 11.4. The van der Waals surface area contributed by atoms with E-state index in [1.54, 1.807) is 0 Å². The van der Waals surface area contributed by atoms with Crippen LogP contribution in [0.1, 0.15) is 56.2 Å². The Labute approximate surface area is 222 Å². The third-order valence-corrected chi connectivity index (χ3v) is 7.57. The third-order valence-electron chi connectivity index (χ3n) is 7.57. The van der Waals surface area contributed by atoms with Gasteiger partial charge < -0.3 is 0 Å². The minimum atomic E-state index is 0.497. The first-order chi connectivity index (χ1) is 18.0. The van der Waals surface area contributed by atoms with Gasteiger partial charge in [-0.25, -0.2) is 0 Å². The minimum absolute atomic E-state index is 0.497. The highest BCUT2D eigenvalue weighted by Gasteiger charge is 2.25. The van der Waals surface area contributed by atoms with Crippen LogP contribution in [0.25, 0.3) is 44.8 Å². The van der Waals surface area contributed by atoms with Crippen LogP contribution in [-0.4, -0.2) is 0 Å². The minimum Gasteiger partial charge on any atom is -0.191 e. The molecular formula is C36H38N+. The lowest BCUT2D eigenvalue weighted by Crippen LogP contribution is -2.39. The fourth-order valence-electron chi connectivity index (χ4n) is 5.46. The zero-order valence-corrected chi connectivity index (χ0v) is 22.9. The van der Waals surface area contributed by atoms with E-state index in [0.29, 0.717) is 5.92 Å². The van der Waals surface area contributed by atoms with Gasteiger partial charge in [0.1, 0.15) is 6.54 Å². The van der Waals surface area contributed by atoms with Gasteiger partial charge in [-0.3, -0.25) is 0 Å². The van der Waals surface area contributed by atoms with Crippen LogP contribution in [0.15, 0.2) is 97.1 Å². The average Bonchev–Trinajstić information content (AvgIpc) is 3.14. The Morgan fingerprint density at radius 1 is 0.622 bits per heavy atom. The SMILES string of the molecule is CCCC[n+]1c(-c2ccccc2)cc(-c2cc(C)c3cc(C(C)C)ccc(C)c2-3)cc1-c1ccccc1. The third kappa shape index (κ3) is 4.96. The molecule has 37 heavy (non-hydrogen) atoms. The van der Waals surface area contributed by atoms with Crippen LogP contribution in [0.5, 0.6) is 0 Å². The van der Waals surface area contributed by atoms with E-state index in [9.17, 15) is 0 Å². The average molecular weight is 485 g/mol. The fraction of sp³-hybridized carbons (Fsp3) is 0.250. The molecule has 1 heteroatoms. The molecule has 186 valence electrons. The number of aryl methyl sites for hydroxylation is 2. The quantitative estimate of drug-likeness (QED) is 0.202. The maximum absolute atomic E-state index is 2.53. The Morgan fingerprint density at radius 2 is 1.22 bits per heavy atom. The first-order valence-electron chi connectivity index (χ1n) is 13.7. The van der Waals surface area contributed by atoms with Crippen LogP contribution < -0.4 is 4.57 Å². The highest BCUT2D eigenvalue weighted by Crippen LogP contribution is 2.42. The van der Waals surface area contributed by atoms with E-state index < -0.39 is 0 Å². The van der Waals surface area contributed by atoms with Crippen LogP contribution in [0.3, 0.4) is 0 Å². The van der Waals surface area contributed by atoms with Crippen molar-refractivity contribution in [3.05, 3.63) is 114 Å². The molecule has 5 rings (SSSR count). The highest BCUT2D eigenvalue weighted by atomic mass is 15.0. The van der Waals surface area contributed by atoms with Crippen molar-refractivity contribution < 1.29 is 4.57 Å². The highest BCUT2D eigenvalue weighted by molar-refractivity contribution is 5.92. The van der Waals surface area contributed by atoms with E-state index in [4.69, 9.17) is 0 Å². The van der Waals surface area contributed by atoms with Crippen LogP contribution >= 0.6 is 0 Å². The summed E-state index contributed by atoms with van der Waals surface area (Å²) in [5.41, 5.74) is 14.5. The van der Waals surface area contributed by atoms with Crippen LogP contribution in [0, 0.1) is 13.8 Å². The van der Waals surface area contributed by atoms with Crippen molar-refractivity contribution in [1.29, 1.82) is 0 Å². The van der Waals surface area contributed by atoms with Gasteiger partial charge in [-0.1, -0.05) is 87.9 Å². The zero-order chi connectivity index (χ0) is 25.9. The molecule has 0 atom stereocenters. The Hall–Kier alpha value is -3.71. The number of fused-ring (bicyclic) bond motifs is 1. The summed E-state index contributed by atoms with van der Waals surface area (Å²) in [5, 5.41) is 0. The molecular weight excluding hydrogens is 446 g/mol. The predicted molar refractivity (Wildman–Crippen MR) is 158 cm³/mol. The fourth-order valence-corrected chi connectivity index (χ4v) is 5.46. The van der Waals surface area contributed by atoms with Crippen molar-refractivity contribution in [2.45, 2.75) is 59.9 Å². The van der Waals surface area contributed by atoms with E-state index >= 15 is 0 Å².